The number of ether oxygens (including phenoxy) is 1. The second kappa shape index (κ2) is 9.03. The van der Waals surface area contributed by atoms with Crippen LogP contribution in [0.15, 0.2) is 24.3 Å². The van der Waals surface area contributed by atoms with E-state index in [2.05, 4.69) is 22.5 Å². The minimum atomic E-state index is -0.0296. The Morgan fingerprint density at radius 1 is 1.15 bits per heavy atom. The van der Waals surface area contributed by atoms with Gasteiger partial charge in [0, 0.05) is 25.0 Å². The molecule has 2 N–H and O–H groups in total. The minimum Gasteiger partial charge on any atom is -0.491 e. The predicted molar refractivity (Wildman–Crippen MR) is 101 cm³/mol. The van der Waals surface area contributed by atoms with Gasteiger partial charge < -0.3 is 15.4 Å². The van der Waals surface area contributed by atoms with E-state index in [0.717, 1.165) is 50.9 Å². The first-order valence-electron chi connectivity index (χ1n) is 9.70. The van der Waals surface area contributed by atoms with Crippen molar-refractivity contribution in [3.05, 3.63) is 24.3 Å². The number of hydrogen-bond donors (Lipinski definition) is 2. The molecule has 0 bridgehead atoms. The molecule has 2 aliphatic rings. The Hall–Kier alpha value is -2.08. The third-order valence-corrected chi connectivity index (χ3v) is 4.87. The molecule has 0 atom stereocenters. The third-order valence-electron chi connectivity index (χ3n) is 4.87. The average Bonchev–Trinajstić information content (AvgIpc) is 3.48. The summed E-state index contributed by atoms with van der Waals surface area (Å²) in [5, 5.41) is 6.10. The molecule has 0 unspecified atom stereocenters. The smallest absolute Gasteiger partial charge is 0.238 e. The van der Waals surface area contributed by atoms with Gasteiger partial charge in [-0.1, -0.05) is 19.1 Å². The van der Waals surface area contributed by atoms with Crippen LogP contribution in [0.4, 0.5) is 5.69 Å². The Balaban J connectivity index is 1.42. The zero-order valence-corrected chi connectivity index (χ0v) is 15.5. The summed E-state index contributed by atoms with van der Waals surface area (Å²) in [7, 11) is 0. The molecule has 1 saturated carbocycles. The van der Waals surface area contributed by atoms with E-state index in [4.69, 9.17) is 4.74 Å². The normalized spacial score (nSPS) is 18.3. The van der Waals surface area contributed by atoms with Crippen molar-refractivity contribution < 1.29 is 14.3 Å². The van der Waals surface area contributed by atoms with Crippen molar-refractivity contribution in [3.8, 4) is 5.75 Å². The van der Waals surface area contributed by atoms with Crippen LogP contribution in [0.1, 0.15) is 39.0 Å². The van der Waals surface area contributed by atoms with E-state index in [1.54, 1.807) is 0 Å². The lowest BCUT2D eigenvalue weighted by molar-refractivity contribution is -0.123. The second-order valence-electron chi connectivity index (χ2n) is 7.23. The van der Waals surface area contributed by atoms with Gasteiger partial charge in [0.15, 0.2) is 0 Å². The van der Waals surface area contributed by atoms with Crippen molar-refractivity contribution in [2.24, 2.45) is 5.92 Å². The summed E-state index contributed by atoms with van der Waals surface area (Å²) in [5.41, 5.74) is 0.720. The fourth-order valence-corrected chi connectivity index (χ4v) is 3.20. The topological polar surface area (TPSA) is 70.7 Å². The van der Waals surface area contributed by atoms with E-state index in [1.165, 1.54) is 0 Å². The highest BCUT2D eigenvalue weighted by Gasteiger charge is 2.31. The fourth-order valence-electron chi connectivity index (χ4n) is 3.20. The molecule has 2 amide bonds. The summed E-state index contributed by atoms with van der Waals surface area (Å²) in [6.07, 6.45) is 4.81. The van der Waals surface area contributed by atoms with Crippen LogP contribution >= 0.6 is 0 Å². The van der Waals surface area contributed by atoms with Crippen molar-refractivity contribution in [2.75, 3.05) is 31.6 Å². The molecule has 1 saturated heterocycles. The Labute approximate surface area is 155 Å². The number of carbonyl (C=O) groups excluding carboxylic acids is 2. The Bertz CT molecular complexity index is 622. The molecular formula is C20H29N3O3. The lowest BCUT2D eigenvalue weighted by Gasteiger charge is -2.31. The number of nitrogens with zero attached hydrogens (tertiary/aromatic N) is 1. The van der Waals surface area contributed by atoms with Crippen molar-refractivity contribution in [2.45, 2.75) is 45.1 Å². The maximum absolute atomic E-state index is 12.4. The maximum Gasteiger partial charge on any atom is 0.238 e. The van der Waals surface area contributed by atoms with Crippen molar-refractivity contribution >= 4 is 17.5 Å². The van der Waals surface area contributed by atoms with Crippen LogP contribution in [-0.2, 0) is 9.59 Å². The third kappa shape index (κ3) is 5.46. The van der Waals surface area contributed by atoms with Gasteiger partial charge in [0.1, 0.15) is 5.75 Å². The number of nitrogens with one attached hydrogen (secondary N) is 2. The molecule has 1 aliphatic heterocycles. The number of piperidine rings is 1. The van der Waals surface area contributed by atoms with Crippen molar-refractivity contribution in [3.63, 3.8) is 0 Å². The van der Waals surface area contributed by atoms with Crippen molar-refractivity contribution in [1.82, 2.24) is 10.2 Å². The van der Waals surface area contributed by atoms with Crippen molar-refractivity contribution in [1.29, 1.82) is 0 Å². The van der Waals surface area contributed by atoms with Crippen LogP contribution in [0.2, 0.25) is 0 Å². The molecule has 6 heteroatoms. The molecule has 26 heavy (non-hydrogen) atoms. The van der Waals surface area contributed by atoms with E-state index < -0.39 is 0 Å². The Morgan fingerprint density at radius 3 is 2.58 bits per heavy atom. The maximum atomic E-state index is 12.4. The van der Waals surface area contributed by atoms with Gasteiger partial charge in [-0.15, -0.1) is 0 Å². The largest absolute Gasteiger partial charge is 0.491 e. The van der Waals surface area contributed by atoms with E-state index >= 15 is 0 Å². The number of para-hydroxylation sites is 2. The second-order valence-corrected chi connectivity index (χ2v) is 7.23. The SMILES string of the molecule is CCCOc1ccccc1NC(=O)CN1CCC(NC(=O)C2CC2)CC1. The number of benzene rings is 1. The van der Waals surface area contributed by atoms with Gasteiger partial charge in [0.25, 0.3) is 0 Å². The zero-order chi connectivity index (χ0) is 18.4. The quantitative estimate of drug-likeness (QED) is 0.748. The molecule has 0 spiro atoms. The zero-order valence-electron chi connectivity index (χ0n) is 15.5. The molecule has 1 aromatic rings. The molecule has 3 rings (SSSR count). The molecule has 1 aliphatic carbocycles. The molecule has 1 heterocycles. The highest BCUT2D eigenvalue weighted by atomic mass is 16.5. The van der Waals surface area contributed by atoms with Gasteiger partial charge in [0.2, 0.25) is 11.8 Å². The summed E-state index contributed by atoms with van der Waals surface area (Å²) in [4.78, 5) is 26.4. The molecule has 142 valence electrons. The Morgan fingerprint density at radius 2 is 1.88 bits per heavy atom. The summed E-state index contributed by atoms with van der Waals surface area (Å²) >= 11 is 0. The number of amides is 2. The molecule has 2 fully saturated rings. The molecular weight excluding hydrogens is 330 g/mol. The summed E-state index contributed by atoms with van der Waals surface area (Å²) in [6.45, 7) is 4.71. The highest BCUT2D eigenvalue weighted by molar-refractivity contribution is 5.93. The highest BCUT2D eigenvalue weighted by Crippen LogP contribution is 2.29. The van der Waals surface area contributed by atoms with Gasteiger partial charge in [-0.25, -0.2) is 0 Å². The van der Waals surface area contributed by atoms with Crippen LogP contribution in [0.25, 0.3) is 0 Å². The summed E-state index contributed by atoms with van der Waals surface area (Å²) < 4.78 is 5.68. The molecule has 1 aromatic carbocycles. The van der Waals surface area contributed by atoms with Gasteiger partial charge >= 0.3 is 0 Å². The van der Waals surface area contributed by atoms with Gasteiger partial charge in [-0.3, -0.25) is 14.5 Å². The van der Waals surface area contributed by atoms with Crippen LogP contribution in [-0.4, -0.2) is 49.0 Å². The molecule has 0 aromatic heterocycles. The number of rotatable bonds is 8. The van der Waals surface area contributed by atoms with E-state index in [9.17, 15) is 9.59 Å². The Kier molecular flexibility index (Phi) is 6.50. The lowest BCUT2D eigenvalue weighted by Crippen LogP contribution is -2.46. The fraction of sp³-hybridized carbons (Fsp3) is 0.600. The van der Waals surface area contributed by atoms with Crippen LogP contribution < -0.4 is 15.4 Å². The minimum absolute atomic E-state index is 0.0296. The van der Waals surface area contributed by atoms with Gasteiger partial charge in [-0.2, -0.15) is 0 Å². The van der Waals surface area contributed by atoms with E-state index in [-0.39, 0.29) is 23.8 Å². The van der Waals surface area contributed by atoms with Crippen LogP contribution in [0, 0.1) is 5.92 Å². The predicted octanol–water partition coefficient (Wildman–Crippen LogP) is 2.40. The number of hydrogen-bond acceptors (Lipinski definition) is 4. The molecule has 6 nitrogen and oxygen atoms in total. The van der Waals surface area contributed by atoms with Gasteiger partial charge in [-0.05, 0) is 44.2 Å². The lowest BCUT2D eigenvalue weighted by atomic mass is 10.0. The first-order chi connectivity index (χ1) is 12.7. The number of anilines is 1. The standard InChI is InChI=1S/C20H29N3O3/c1-2-13-26-18-6-4-3-5-17(18)22-19(24)14-23-11-9-16(10-12-23)21-20(25)15-7-8-15/h3-6,15-16H,2,7-14H2,1H3,(H,21,25)(H,22,24). The van der Waals surface area contributed by atoms with E-state index in [0.29, 0.717) is 18.9 Å². The van der Waals surface area contributed by atoms with Gasteiger partial charge in [0.05, 0.1) is 18.8 Å². The average molecular weight is 359 g/mol. The number of carbonyl (C=O) groups is 2. The first-order valence-corrected chi connectivity index (χ1v) is 9.70. The van der Waals surface area contributed by atoms with Crippen LogP contribution in [0.5, 0.6) is 5.75 Å². The van der Waals surface area contributed by atoms with E-state index in [1.807, 2.05) is 24.3 Å². The monoisotopic (exact) mass is 359 g/mol. The van der Waals surface area contributed by atoms with Crippen LogP contribution in [0.3, 0.4) is 0 Å². The molecule has 0 radical (unpaired) electrons. The summed E-state index contributed by atoms with van der Waals surface area (Å²) in [6, 6.07) is 7.79. The number of likely N-dealkylation sites (tertiary alicyclic amines) is 1. The summed E-state index contributed by atoms with van der Waals surface area (Å²) in [5.74, 6) is 1.15. The first kappa shape index (κ1) is 18.7.